The Balaban J connectivity index is 1.51. The van der Waals surface area contributed by atoms with E-state index < -0.39 is 5.91 Å². The Morgan fingerprint density at radius 2 is 1.93 bits per heavy atom. The summed E-state index contributed by atoms with van der Waals surface area (Å²) >= 11 is 15.2. The molecule has 5 nitrogen and oxygen atoms in total. The van der Waals surface area contributed by atoms with E-state index in [1.165, 1.54) is 12.3 Å². The molecular formula is C19H13BrCl2N2O3. The van der Waals surface area contributed by atoms with E-state index in [0.717, 1.165) is 10.0 Å². The van der Waals surface area contributed by atoms with Gasteiger partial charge in [-0.25, -0.2) is 5.43 Å². The first kappa shape index (κ1) is 19.5. The fourth-order valence-corrected chi connectivity index (χ4v) is 2.85. The first-order chi connectivity index (χ1) is 13.0. The Labute approximate surface area is 174 Å². The highest BCUT2D eigenvalue weighted by Gasteiger charge is 2.06. The van der Waals surface area contributed by atoms with Crippen molar-refractivity contribution < 1.29 is 13.9 Å². The Kier molecular flexibility index (Phi) is 6.55. The molecule has 27 heavy (non-hydrogen) atoms. The molecule has 0 aliphatic carbocycles. The van der Waals surface area contributed by atoms with Crippen molar-refractivity contribution in [1.29, 1.82) is 0 Å². The van der Waals surface area contributed by atoms with Crippen LogP contribution in [0.15, 0.2) is 68.6 Å². The fourth-order valence-electron chi connectivity index (χ4n) is 2.13. The van der Waals surface area contributed by atoms with Crippen LogP contribution in [0.25, 0.3) is 11.3 Å². The Bertz CT molecular complexity index is 971. The predicted molar refractivity (Wildman–Crippen MR) is 110 cm³/mol. The summed E-state index contributed by atoms with van der Waals surface area (Å²) in [6, 6.07) is 16.1. The number of nitrogens with one attached hydrogen (secondary N) is 1. The number of rotatable bonds is 6. The molecule has 0 unspecified atom stereocenters. The van der Waals surface area contributed by atoms with Gasteiger partial charge in [-0.15, -0.1) is 0 Å². The number of hydrogen-bond donors (Lipinski definition) is 1. The second-order valence-corrected chi connectivity index (χ2v) is 7.12. The van der Waals surface area contributed by atoms with Crippen LogP contribution in [0.2, 0.25) is 10.0 Å². The number of amides is 1. The largest absolute Gasteiger partial charge is 0.482 e. The lowest BCUT2D eigenvalue weighted by atomic mass is 10.2. The van der Waals surface area contributed by atoms with Crippen molar-refractivity contribution in [3.05, 3.63) is 74.9 Å². The maximum absolute atomic E-state index is 11.8. The molecule has 0 spiro atoms. The van der Waals surface area contributed by atoms with Gasteiger partial charge in [-0.1, -0.05) is 51.3 Å². The molecule has 3 rings (SSSR count). The number of hydrazone groups is 1. The van der Waals surface area contributed by atoms with E-state index >= 15 is 0 Å². The molecule has 1 aromatic heterocycles. The van der Waals surface area contributed by atoms with Gasteiger partial charge >= 0.3 is 0 Å². The maximum atomic E-state index is 11.8. The quantitative estimate of drug-likeness (QED) is 0.382. The number of carbonyl (C=O) groups excluding carboxylic acids is 1. The van der Waals surface area contributed by atoms with Gasteiger partial charge in [-0.3, -0.25) is 4.79 Å². The molecule has 0 fully saturated rings. The van der Waals surface area contributed by atoms with Crippen LogP contribution >= 0.6 is 39.1 Å². The highest BCUT2D eigenvalue weighted by atomic mass is 79.9. The molecule has 0 saturated heterocycles. The molecule has 1 amide bonds. The molecule has 0 saturated carbocycles. The summed E-state index contributed by atoms with van der Waals surface area (Å²) in [4.78, 5) is 11.8. The summed E-state index contributed by atoms with van der Waals surface area (Å²) in [5.74, 6) is 1.15. The number of carbonyl (C=O) groups is 1. The number of ether oxygens (including phenoxy) is 1. The Hall–Kier alpha value is -2.28. The van der Waals surface area contributed by atoms with Gasteiger partial charge in [0.1, 0.15) is 17.3 Å². The van der Waals surface area contributed by atoms with Crippen molar-refractivity contribution in [2.24, 2.45) is 5.10 Å². The van der Waals surface area contributed by atoms with Crippen molar-refractivity contribution >= 4 is 51.3 Å². The number of halogens is 3. The van der Waals surface area contributed by atoms with Crippen LogP contribution in [0, 0.1) is 0 Å². The van der Waals surface area contributed by atoms with Crippen molar-refractivity contribution in [2.45, 2.75) is 0 Å². The van der Waals surface area contributed by atoms with Crippen LogP contribution in [0.3, 0.4) is 0 Å². The highest BCUT2D eigenvalue weighted by molar-refractivity contribution is 9.10. The number of benzene rings is 2. The molecule has 0 bridgehead atoms. The van der Waals surface area contributed by atoms with E-state index in [2.05, 4.69) is 26.5 Å². The van der Waals surface area contributed by atoms with Crippen molar-refractivity contribution in [1.82, 2.24) is 5.43 Å². The summed E-state index contributed by atoms with van der Waals surface area (Å²) in [6.45, 7) is -0.235. The number of hydrogen-bond acceptors (Lipinski definition) is 4. The van der Waals surface area contributed by atoms with Gasteiger partial charge in [0.15, 0.2) is 6.61 Å². The third kappa shape index (κ3) is 5.60. The van der Waals surface area contributed by atoms with Crippen LogP contribution < -0.4 is 10.2 Å². The molecule has 138 valence electrons. The Morgan fingerprint density at radius 1 is 1.15 bits per heavy atom. The van der Waals surface area contributed by atoms with Crippen LogP contribution in [0.4, 0.5) is 0 Å². The lowest BCUT2D eigenvalue weighted by Crippen LogP contribution is -2.24. The number of nitrogens with zero attached hydrogens (tertiary/aromatic N) is 1. The monoisotopic (exact) mass is 466 g/mol. The minimum Gasteiger partial charge on any atom is -0.482 e. The van der Waals surface area contributed by atoms with E-state index in [4.69, 9.17) is 32.4 Å². The van der Waals surface area contributed by atoms with E-state index in [1.54, 1.807) is 18.2 Å². The van der Waals surface area contributed by atoms with Crippen LogP contribution in [0.1, 0.15) is 5.76 Å². The van der Waals surface area contributed by atoms with Crippen molar-refractivity contribution in [3.8, 4) is 17.1 Å². The molecule has 0 atom stereocenters. The van der Waals surface area contributed by atoms with E-state index in [-0.39, 0.29) is 6.61 Å². The van der Waals surface area contributed by atoms with Gasteiger partial charge in [-0.05, 0) is 42.5 Å². The Morgan fingerprint density at radius 3 is 2.67 bits per heavy atom. The summed E-state index contributed by atoms with van der Waals surface area (Å²) in [6.07, 6.45) is 1.41. The standard InChI is InChI=1S/C19H13BrCl2N2O3/c20-13-3-1-12(2-4-13)17-8-6-15(27-17)10-23-24-19(25)11-26-18-7-5-14(21)9-16(18)22/h1-10H,11H2,(H,24,25)/b23-10+. The summed E-state index contributed by atoms with van der Waals surface area (Å²) < 4.78 is 12.0. The van der Waals surface area contributed by atoms with Gasteiger partial charge in [-0.2, -0.15) is 5.10 Å². The van der Waals surface area contributed by atoms with Crippen LogP contribution in [0.5, 0.6) is 5.75 Å². The van der Waals surface area contributed by atoms with Gasteiger partial charge < -0.3 is 9.15 Å². The zero-order valence-electron chi connectivity index (χ0n) is 13.8. The predicted octanol–water partition coefficient (Wildman–Crippen LogP) is 5.55. The van der Waals surface area contributed by atoms with Gasteiger partial charge in [0.25, 0.3) is 5.91 Å². The van der Waals surface area contributed by atoms with Crippen LogP contribution in [-0.4, -0.2) is 18.7 Å². The molecule has 0 aliphatic heterocycles. The summed E-state index contributed by atoms with van der Waals surface area (Å²) in [5.41, 5.74) is 3.30. The van der Waals surface area contributed by atoms with E-state index in [1.807, 2.05) is 30.3 Å². The zero-order valence-corrected chi connectivity index (χ0v) is 16.9. The average Bonchev–Trinajstić information content (AvgIpc) is 3.10. The molecule has 1 heterocycles. The first-order valence-electron chi connectivity index (χ1n) is 7.77. The second-order valence-electron chi connectivity index (χ2n) is 5.37. The second kappa shape index (κ2) is 9.08. The molecule has 2 aromatic carbocycles. The molecule has 8 heteroatoms. The highest BCUT2D eigenvalue weighted by Crippen LogP contribution is 2.27. The van der Waals surface area contributed by atoms with Gasteiger partial charge in [0.05, 0.1) is 11.2 Å². The zero-order chi connectivity index (χ0) is 19.2. The molecule has 3 aromatic rings. The third-order valence-electron chi connectivity index (χ3n) is 3.39. The third-order valence-corrected chi connectivity index (χ3v) is 4.45. The topological polar surface area (TPSA) is 63.8 Å². The maximum Gasteiger partial charge on any atom is 0.277 e. The summed E-state index contributed by atoms with van der Waals surface area (Å²) in [5, 5.41) is 4.67. The average molecular weight is 468 g/mol. The minimum absolute atomic E-state index is 0.235. The van der Waals surface area contributed by atoms with Gasteiger partial charge in [0.2, 0.25) is 0 Å². The smallest absolute Gasteiger partial charge is 0.277 e. The SMILES string of the molecule is O=C(COc1ccc(Cl)cc1Cl)N/N=C/c1ccc(-c2ccc(Br)cc2)o1. The lowest BCUT2D eigenvalue weighted by Gasteiger charge is -2.06. The number of furan rings is 1. The summed E-state index contributed by atoms with van der Waals surface area (Å²) in [7, 11) is 0. The van der Waals surface area contributed by atoms with Crippen LogP contribution in [-0.2, 0) is 4.79 Å². The molecule has 0 aliphatic rings. The normalized spacial score (nSPS) is 10.9. The lowest BCUT2D eigenvalue weighted by molar-refractivity contribution is -0.123. The van der Waals surface area contributed by atoms with E-state index in [0.29, 0.717) is 27.3 Å². The molecule has 0 radical (unpaired) electrons. The van der Waals surface area contributed by atoms with Crippen molar-refractivity contribution in [3.63, 3.8) is 0 Å². The fraction of sp³-hybridized carbons (Fsp3) is 0.0526. The van der Waals surface area contributed by atoms with E-state index in [9.17, 15) is 4.79 Å². The molecular weight excluding hydrogens is 455 g/mol. The van der Waals surface area contributed by atoms with Crippen molar-refractivity contribution in [2.75, 3.05) is 6.61 Å². The molecule has 1 N–H and O–H groups in total. The van der Waals surface area contributed by atoms with Gasteiger partial charge in [0, 0.05) is 15.1 Å². The first-order valence-corrected chi connectivity index (χ1v) is 9.32. The minimum atomic E-state index is -0.433.